The molecule has 0 saturated carbocycles. The molecule has 1 heterocycles. The molecule has 0 aromatic heterocycles. The fourth-order valence-electron chi connectivity index (χ4n) is 2.81. The lowest BCUT2D eigenvalue weighted by Gasteiger charge is -2.27. The second-order valence-electron chi connectivity index (χ2n) is 6.25. The monoisotopic (exact) mass is 417 g/mol. The van der Waals surface area contributed by atoms with E-state index in [2.05, 4.69) is 5.32 Å². The molecule has 1 aliphatic heterocycles. The number of nitrogens with zero attached hydrogens (tertiary/aromatic N) is 2. The summed E-state index contributed by atoms with van der Waals surface area (Å²) in [6, 6.07) is 12.7. The molecular weight excluding hydrogens is 398 g/mol. The SMILES string of the molecule is O=C1NC=CCN(S(=O)(=O)c2ccc([N+](=O)[O-])cc2)[C@H]1COCc1ccccc1. The van der Waals surface area contributed by atoms with Crippen molar-refractivity contribution in [2.24, 2.45) is 0 Å². The number of sulfonamides is 1. The summed E-state index contributed by atoms with van der Waals surface area (Å²) in [5, 5.41) is 13.3. The smallest absolute Gasteiger partial charge is 0.269 e. The number of non-ortho nitro benzene ring substituents is 1. The second-order valence-corrected chi connectivity index (χ2v) is 8.14. The third kappa shape index (κ3) is 4.86. The van der Waals surface area contributed by atoms with Crippen LogP contribution in [0.2, 0.25) is 0 Å². The Bertz CT molecular complexity index is 1010. The lowest BCUT2D eigenvalue weighted by molar-refractivity contribution is -0.384. The molecule has 0 bridgehead atoms. The maximum Gasteiger partial charge on any atom is 0.269 e. The minimum absolute atomic E-state index is 0.0442. The average molecular weight is 417 g/mol. The van der Waals surface area contributed by atoms with Gasteiger partial charge in [0.25, 0.3) is 5.69 Å². The van der Waals surface area contributed by atoms with E-state index < -0.39 is 26.9 Å². The van der Waals surface area contributed by atoms with Crippen LogP contribution in [0.25, 0.3) is 0 Å². The van der Waals surface area contributed by atoms with Crippen molar-refractivity contribution in [3.8, 4) is 0 Å². The predicted molar refractivity (Wildman–Crippen MR) is 104 cm³/mol. The highest BCUT2D eigenvalue weighted by molar-refractivity contribution is 7.89. The third-order valence-corrected chi connectivity index (χ3v) is 6.21. The molecule has 0 spiro atoms. The molecule has 2 aromatic rings. The Hall–Kier alpha value is -3.08. The fourth-order valence-corrected chi connectivity index (χ4v) is 4.34. The van der Waals surface area contributed by atoms with Crippen LogP contribution >= 0.6 is 0 Å². The number of hydrogen-bond donors (Lipinski definition) is 1. The summed E-state index contributed by atoms with van der Waals surface area (Å²) >= 11 is 0. The first-order valence-corrected chi connectivity index (χ1v) is 10.2. The Balaban J connectivity index is 1.81. The van der Waals surface area contributed by atoms with Crippen molar-refractivity contribution in [1.29, 1.82) is 0 Å². The van der Waals surface area contributed by atoms with Crippen molar-refractivity contribution < 1.29 is 22.9 Å². The van der Waals surface area contributed by atoms with Crippen LogP contribution < -0.4 is 5.32 Å². The summed E-state index contributed by atoms with van der Waals surface area (Å²) in [7, 11) is -4.09. The van der Waals surface area contributed by atoms with Crippen molar-refractivity contribution in [1.82, 2.24) is 9.62 Å². The molecule has 152 valence electrons. The van der Waals surface area contributed by atoms with E-state index in [-0.39, 0.29) is 30.3 Å². The first-order valence-electron chi connectivity index (χ1n) is 8.73. The van der Waals surface area contributed by atoms with Gasteiger partial charge in [-0.05, 0) is 17.7 Å². The Morgan fingerprint density at radius 2 is 1.83 bits per heavy atom. The van der Waals surface area contributed by atoms with Crippen LogP contribution in [-0.4, -0.2) is 42.7 Å². The van der Waals surface area contributed by atoms with Gasteiger partial charge in [-0.15, -0.1) is 0 Å². The van der Waals surface area contributed by atoms with Gasteiger partial charge in [0.1, 0.15) is 6.04 Å². The zero-order valence-corrected chi connectivity index (χ0v) is 16.1. The maximum atomic E-state index is 13.1. The van der Waals surface area contributed by atoms with E-state index in [9.17, 15) is 23.3 Å². The van der Waals surface area contributed by atoms with Crippen molar-refractivity contribution >= 4 is 21.6 Å². The van der Waals surface area contributed by atoms with Gasteiger partial charge in [0.15, 0.2) is 0 Å². The highest BCUT2D eigenvalue weighted by atomic mass is 32.2. The van der Waals surface area contributed by atoms with Gasteiger partial charge < -0.3 is 10.1 Å². The Kier molecular flexibility index (Phi) is 6.37. The number of hydrogen-bond acceptors (Lipinski definition) is 6. The van der Waals surface area contributed by atoms with E-state index >= 15 is 0 Å². The molecular formula is C19H19N3O6S. The van der Waals surface area contributed by atoms with Crippen molar-refractivity contribution in [2.45, 2.75) is 17.5 Å². The van der Waals surface area contributed by atoms with E-state index in [0.29, 0.717) is 0 Å². The van der Waals surface area contributed by atoms with Crippen molar-refractivity contribution in [3.63, 3.8) is 0 Å². The van der Waals surface area contributed by atoms with Crippen LogP contribution in [0.1, 0.15) is 5.56 Å². The number of amides is 1. The fraction of sp³-hybridized carbons (Fsp3) is 0.211. The summed E-state index contributed by atoms with van der Waals surface area (Å²) in [4.78, 5) is 22.5. The molecule has 9 nitrogen and oxygen atoms in total. The van der Waals surface area contributed by atoms with Gasteiger partial charge in [-0.1, -0.05) is 36.4 Å². The molecule has 1 N–H and O–H groups in total. The van der Waals surface area contributed by atoms with E-state index in [1.165, 1.54) is 12.3 Å². The minimum atomic E-state index is -4.09. The third-order valence-electron chi connectivity index (χ3n) is 4.32. The average Bonchev–Trinajstić information content (AvgIpc) is 2.91. The van der Waals surface area contributed by atoms with E-state index in [1.807, 2.05) is 30.3 Å². The molecule has 10 heteroatoms. The highest BCUT2D eigenvalue weighted by Gasteiger charge is 2.36. The minimum Gasteiger partial charge on any atom is -0.375 e. The quantitative estimate of drug-likeness (QED) is 0.542. The molecule has 0 unspecified atom stereocenters. The Morgan fingerprint density at radius 3 is 2.48 bits per heavy atom. The number of nitrogens with one attached hydrogen (secondary N) is 1. The number of carbonyl (C=O) groups excluding carboxylic acids is 1. The van der Waals surface area contributed by atoms with Gasteiger partial charge in [-0.3, -0.25) is 14.9 Å². The van der Waals surface area contributed by atoms with Crippen molar-refractivity contribution in [3.05, 3.63) is 82.6 Å². The summed E-state index contributed by atoms with van der Waals surface area (Å²) in [6.45, 7) is 0.0372. The zero-order chi connectivity index (χ0) is 20.9. The summed E-state index contributed by atoms with van der Waals surface area (Å²) < 4.78 is 32.8. The standard InChI is InChI=1S/C19H19N3O6S/c23-19-18(14-28-13-15-5-2-1-3-6-15)21(12-4-11-20-19)29(26,27)17-9-7-16(8-10-17)22(24)25/h1-11,18H,12-14H2,(H,20,23)/t18-/m0/s1. The summed E-state index contributed by atoms with van der Waals surface area (Å²) in [5.74, 6) is -0.516. The van der Waals surface area contributed by atoms with Crippen molar-refractivity contribution in [2.75, 3.05) is 13.2 Å². The molecule has 0 radical (unpaired) electrons. The number of nitro benzene ring substituents is 1. The number of benzene rings is 2. The van der Waals surface area contributed by atoms with Gasteiger partial charge >= 0.3 is 0 Å². The zero-order valence-electron chi connectivity index (χ0n) is 15.3. The molecule has 1 aliphatic rings. The molecule has 2 aromatic carbocycles. The second kappa shape index (κ2) is 8.95. The van der Waals surface area contributed by atoms with Crippen LogP contribution in [0.4, 0.5) is 5.69 Å². The van der Waals surface area contributed by atoms with Crippen LogP contribution in [0.5, 0.6) is 0 Å². The molecule has 29 heavy (non-hydrogen) atoms. The normalized spacial score (nSPS) is 17.5. The van der Waals surface area contributed by atoms with Gasteiger partial charge in [-0.25, -0.2) is 8.42 Å². The topological polar surface area (TPSA) is 119 Å². The number of ether oxygens (including phenoxy) is 1. The highest BCUT2D eigenvalue weighted by Crippen LogP contribution is 2.22. The van der Waals surface area contributed by atoms with Gasteiger partial charge in [0, 0.05) is 24.9 Å². The molecule has 0 aliphatic carbocycles. The largest absolute Gasteiger partial charge is 0.375 e. The molecule has 3 rings (SSSR count). The van der Waals surface area contributed by atoms with Gasteiger partial charge in [0.05, 0.1) is 23.0 Å². The van der Waals surface area contributed by atoms with E-state index in [4.69, 9.17) is 4.74 Å². The maximum absolute atomic E-state index is 13.1. The first-order chi connectivity index (χ1) is 13.9. The lowest BCUT2D eigenvalue weighted by Crippen LogP contribution is -2.49. The number of rotatable bonds is 7. The van der Waals surface area contributed by atoms with Gasteiger partial charge in [0.2, 0.25) is 15.9 Å². The van der Waals surface area contributed by atoms with E-state index in [0.717, 1.165) is 34.1 Å². The molecule has 1 atom stereocenters. The van der Waals surface area contributed by atoms with Crippen LogP contribution in [0, 0.1) is 10.1 Å². The van der Waals surface area contributed by atoms with Crippen LogP contribution in [-0.2, 0) is 26.2 Å². The Labute approximate surface area is 167 Å². The number of nitro groups is 1. The predicted octanol–water partition coefficient (Wildman–Crippen LogP) is 1.81. The lowest BCUT2D eigenvalue weighted by atomic mass is 10.2. The molecule has 0 fully saturated rings. The molecule has 0 saturated heterocycles. The molecule has 1 amide bonds. The van der Waals surface area contributed by atoms with E-state index in [1.54, 1.807) is 0 Å². The summed E-state index contributed by atoms with van der Waals surface area (Å²) in [5.41, 5.74) is 0.671. The summed E-state index contributed by atoms with van der Waals surface area (Å²) in [6.07, 6.45) is 2.90. The first kappa shape index (κ1) is 20.6. The van der Waals surface area contributed by atoms with Gasteiger partial charge in [-0.2, -0.15) is 4.31 Å². The Morgan fingerprint density at radius 1 is 1.14 bits per heavy atom. The van der Waals surface area contributed by atoms with Crippen LogP contribution in [0.3, 0.4) is 0 Å². The van der Waals surface area contributed by atoms with Crippen LogP contribution in [0.15, 0.2) is 71.8 Å². The number of carbonyl (C=O) groups is 1.